The minimum absolute atomic E-state index is 0.665. The normalized spacial score (nSPS) is 17.5. The standard InChI is InChI=1S/C13H20ClN3/c1-3-16-4-6-17(7-5-16)12-9-10(2)8-11(14)13(12)15/h8-9H,3-7,15H2,1-2H3. The topological polar surface area (TPSA) is 32.5 Å². The third-order valence-electron chi connectivity index (χ3n) is 3.41. The van der Waals surface area contributed by atoms with E-state index in [1.54, 1.807) is 0 Å². The van der Waals surface area contributed by atoms with E-state index in [-0.39, 0.29) is 0 Å². The van der Waals surface area contributed by atoms with Crippen LogP contribution in [0.2, 0.25) is 5.02 Å². The first-order valence-corrected chi connectivity index (χ1v) is 6.52. The van der Waals surface area contributed by atoms with Gasteiger partial charge in [0.15, 0.2) is 0 Å². The summed E-state index contributed by atoms with van der Waals surface area (Å²) in [7, 11) is 0. The lowest BCUT2D eigenvalue weighted by Crippen LogP contribution is -2.46. The highest BCUT2D eigenvalue weighted by Gasteiger charge is 2.18. The average molecular weight is 254 g/mol. The summed E-state index contributed by atoms with van der Waals surface area (Å²) in [4.78, 5) is 4.78. The van der Waals surface area contributed by atoms with Gasteiger partial charge in [0.2, 0.25) is 0 Å². The van der Waals surface area contributed by atoms with E-state index in [4.69, 9.17) is 17.3 Å². The van der Waals surface area contributed by atoms with Crippen molar-refractivity contribution in [3.8, 4) is 0 Å². The molecule has 1 aliphatic rings. The number of nitrogen functional groups attached to an aromatic ring is 1. The van der Waals surface area contributed by atoms with Gasteiger partial charge in [-0.2, -0.15) is 0 Å². The third kappa shape index (κ3) is 2.67. The van der Waals surface area contributed by atoms with E-state index in [0.717, 1.165) is 44.0 Å². The zero-order chi connectivity index (χ0) is 12.4. The summed E-state index contributed by atoms with van der Waals surface area (Å²) in [5, 5.41) is 0.665. The van der Waals surface area contributed by atoms with Gasteiger partial charge in [0.25, 0.3) is 0 Å². The molecule has 3 nitrogen and oxygen atoms in total. The van der Waals surface area contributed by atoms with E-state index in [9.17, 15) is 0 Å². The van der Waals surface area contributed by atoms with E-state index in [1.807, 2.05) is 6.07 Å². The van der Waals surface area contributed by atoms with Crippen molar-refractivity contribution in [3.05, 3.63) is 22.7 Å². The highest BCUT2D eigenvalue weighted by Crippen LogP contribution is 2.32. The first-order chi connectivity index (χ1) is 8.11. The Balaban J connectivity index is 2.18. The van der Waals surface area contributed by atoms with Crippen LogP contribution in [0.4, 0.5) is 11.4 Å². The predicted octanol–water partition coefficient (Wildman–Crippen LogP) is 2.37. The predicted molar refractivity (Wildman–Crippen MR) is 74.9 cm³/mol. The molecule has 0 amide bonds. The Labute approximate surface area is 108 Å². The lowest BCUT2D eigenvalue weighted by Gasteiger charge is -2.36. The van der Waals surface area contributed by atoms with Crippen LogP contribution in [-0.4, -0.2) is 37.6 Å². The molecule has 94 valence electrons. The number of hydrogen-bond donors (Lipinski definition) is 1. The van der Waals surface area contributed by atoms with Crippen molar-refractivity contribution in [2.75, 3.05) is 43.4 Å². The summed E-state index contributed by atoms with van der Waals surface area (Å²) in [5.41, 5.74) is 9.03. The van der Waals surface area contributed by atoms with Crippen LogP contribution < -0.4 is 10.6 Å². The molecule has 1 saturated heterocycles. The monoisotopic (exact) mass is 253 g/mol. The molecular formula is C13H20ClN3. The Hall–Kier alpha value is -0.930. The second-order valence-corrected chi connectivity index (χ2v) is 5.01. The van der Waals surface area contributed by atoms with Crippen LogP contribution in [0.15, 0.2) is 12.1 Å². The van der Waals surface area contributed by atoms with Crippen molar-refractivity contribution < 1.29 is 0 Å². The lowest BCUT2D eigenvalue weighted by atomic mass is 10.1. The largest absolute Gasteiger partial charge is 0.396 e. The van der Waals surface area contributed by atoms with Crippen LogP contribution in [0, 0.1) is 6.92 Å². The smallest absolute Gasteiger partial charge is 0.0741 e. The Morgan fingerprint density at radius 2 is 1.88 bits per heavy atom. The molecule has 1 heterocycles. The molecule has 1 fully saturated rings. The van der Waals surface area contributed by atoms with Crippen LogP contribution in [0.5, 0.6) is 0 Å². The van der Waals surface area contributed by atoms with Crippen LogP contribution in [-0.2, 0) is 0 Å². The molecule has 2 rings (SSSR count). The quantitative estimate of drug-likeness (QED) is 0.822. The molecule has 1 aliphatic heterocycles. The molecular weight excluding hydrogens is 234 g/mol. The first-order valence-electron chi connectivity index (χ1n) is 6.14. The van der Waals surface area contributed by atoms with Crippen LogP contribution >= 0.6 is 11.6 Å². The number of halogens is 1. The summed E-state index contributed by atoms with van der Waals surface area (Å²) in [5.74, 6) is 0. The molecule has 0 aromatic heterocycles. The van der Waals surface area contributed by atoms with Crippen molar-refractivity contribution in [1.82, 2.24) is 4.90 Å². The Kier molecular flexibility index (Phi) is 3.79. The van der Waals surface area contributed by atoms with Crippen LogP contribution in [0.25, 0.3) is 0 Å². The molecule has 4 heteroatoms. The molecule has 2 N–H and O–H groups in total. The fraction of sp³-hybridized carbons (Fsp3) is 0.538. The molecule has 0 spiro atoms. The number of rotatable bonds is 2. The van der Waals surface area contributed by atoms with E-state index < -0.39 is 0 Å². The van der Waals surface area contributed by atoms with Crippen molar-refractivity contribution in [3.63, 3.8) is 0 Å². The summed E-state index contributed by atoms with van der Waals surface area (Å²) < 4.78 is 0. The minimum atomic E-state index is 0.665. The third-order valence-corrected chi connectivity index (χ3v) is 3.72. The fourth-order valence-corrected chi connectivity index (χ4v) is 2.57. The van der Waals surface area contributed by atoms with Crippen LogP contribution in [0.1, 0.15) is 12.5 Å². The van der Waals surface area contributed by atoms with Crippen molar-refractivity contribution in [1.29, 1.82) is 0 Å². The maximum Gasteiger partial charge on any atom is 0.0741 e. The highest BCUT2D eigenvalue weighted by atomic mass is 35.5. The second-order valence-electron chi connectivity index (χ2n) is 4.60. The van der Waals surface area contributed by atoms with Crippen LogP contribution in [0.3, 0.4) is 0 Å². The number of nitrogens with zero attached hydrogens (tertiary/aromatic N) is 2. The molecule has 0 aliphatic carbocycles. The average Bonchev–Trinajstić information content (AvgIpc) is 2.34. The molecule has 0 bridgehead atoms. The highest BCUT2D eigenvalue weighted by molar-refractivity contribution is 6.33. The number of nitrogens with two attached hydrogens (primary N) is 1. The molecule has 1 aromatic rings. The van der Waals surface area contributed by atoms with E-state index in [1.165, 1.54) is 0 Å². The number of benzene rings is 1. The van der Waals surface area contributed by atoms with Gasteiger partial charge in [0, 0.05) is 26.2 Å². The lowest BCUT2D eigenvalue weighted by molar-refractivity contribution is 0.271. The maximum atomic E-state index is 6.13. The zero-order valence-electron chi connectivity index (χ0n) is 10.5. The van der Waals surface area contributed by atoms with Gasteiger partial charge in [-0.1, -0.05) is 18.5 Å². The SMILES string of the molecule is CCN1CCN(c2cc(C)cc(Cl)c2N)CC1. The first kappa shape index (κ1) is 12.5. The molecule has 0 atom stereocenters. The molecule has 17 heavy (non-hydrogen) atoms. The molecule has 1 aromatic carbocycles. The maximum absolute atomic E-state index is 6.13. The summed E-state index contributed by atoms with van der Waals surface area (Å²) in [6.45, 7) is 9.63. The van der Waals surface area contributed by atoms with Gasteiger partial charge in [-0.15, -0.1) is 0 Å². The number of likely N-dealkylation sites (N-methyl/N-ethyl adjacent to an activating group) is 1. The van der Waals surface area contributed by atoms with Crippen molar-refractivity contribution in [2.45, 2.75) is 13.8 Å². The number of piperazine rings is 1. The zero-order valence-corrected chi connectivity index (χ0v) is 11.3. The number of hydrogen-bond acceptors (Lipinski definition) is 3. The van der Waals surface area contributed by atoms with Gasteiger partial charge >= 0.3 is 0 Å². The van der Waals surface area contributed by atoms with Gasteiger partial charge in [-0.05, 0) is 31.2 Å². The van der Waals surface area contributed by atoms with Gasteiger partial charge in [-0.3, -0.25) is 0 Å². The Morgan fingerprint density at radius 3 is 2.47 bits per heavy atom. The number of anilines is 2. The second kappa shape index (κ2) is 5.15. The Morgan fingerprint density at radius 1 is 1.24 bits per heavy atom. The summed E-state index contributed by atoms with van der Waals surface area (Å²) in [6.07, 6.45) is 0. The summed E-state index contributed by atoms with van der Waals surface area (Å²) in [6, 6.07) is 4.05. The van der Waals surface area contributed by atoms with Gasteiger partial charge in [-0.25, -0.2) is 0 Å². The summed E-state index contributed by atoms with van der Waals surface area (Å²) >= 11 is 6.13. The van der Waals surface area contributed by atoms with Gasteiger partial charge in [0.1, 0.15) is 0 Å². The Bertz CT molecular complexity index is 398. The van der Waals surface area contributed by atoms with Crippen molar-refractivity contribution >= 4 is 23.0 Å². The molecule has 0 unspecified atom stereocenters. The van der Waals surface area contributed by atoms with E-state index in [0.29, 0.717) is 10.7 Å². The van der Waals surface area contributed by atoms with E-state index >= 15 is 0 Å². The van der Waals surface area contributed by atoms with E-state index in [2.05, 4.69) is 29.7 Å². The van der Waals surface area contributed by atoms with Gasteiger partial charge in [0.05, 0.1) is 16.4 Å². The fourth-order valence-electron chi connectivity index (χ4n) is 2.30. The number of aryl methyl sites for hydroxylation is 1. The molecule has 0 saturated carbocycles. The van der Waals surface area contributed by atoms with Crippen molar-refractivity contribution in [2.24, 2.45) is 0 Å². The minimum Gasteiger partial charge on any atom is -0.396 e. The molecule has 0 radical (unpaired) electrons. The van der Waals surface area contributed by atoms with Gasteiger partial charge < -0.3 is 15.5 Å².